The highest BCUT2D eigenvalue weighted by molar-refractivity contribution is 7.45. The Kier molecular flexibility index (Phi) is 16.1. The van der Waals surface area contributed by atoms with Gasteiger partial charge in [-0.1, -0.05) is 51.9 Å². The summed E-state index contributed by atoms with van der Waals surface area (Å²) in [4.78, 5) is 0. The first-order valence-electron chi connectivity index (χ1n) is 8.65. The van der Waals surface area contributed by atoms with Crippen LogP contribution in [0.25, 0.3) is 0 Å². The molecule has 0 spiro atoms. The van der Waals surface area contributed by atoms with Gasteiger partial charge in [0.15, 0.2) is 0 Å². The van der Waals surface area contributed by atoms with E-state index in [0.717, 1.165) is 31.7 Å². The van der Waals surface area contributed by atoms with Crippen molar-refractivity contribution in [1.82, 2.24) is 0 Å². The maximum atomic E-state index is 6.49. The van der Waals surface area contributed by atoms with Crippen molar-refractivity contribution in [3.63, 3.8) is 0 Å². The Morgan fingerprint density at radius 1 is 0.667 bits per heavy atom. The van der Waals surface area contributed by atoms with Gasteiger partial charge in [-0.15, -0.1) is 22.2 Å². The van der Waals surface area contributed by atoms with Crippen molar-refractivity contribution >= 4 is 28.9 Å². The lowest BCUT2D eigenvalue weighted by Gasteiger charge is -2.16. The third-order valence-electron chi connectivity index (χ3n) is 3.55. The second-order valence-corrected chi connectivity index (χ2v) is 13.3. The van der Waals surface area contributed by atoms with E-state index in [1.807, 2.05) is 6.92 Å². The lowest BCUT2D eigenvalue weighted by Crippen LogP contribution is -2.19. The molecule has 5 heteroatoms. The van der Waals surface area contributed by atoms with Crippen LogP contribution in [0, 0.1) is 0 Å². The fourth-order valence-electron chi connectivity index (χ4n) is 2.26. The molecule has 0 aliphatic carbocycles. The van der Waals surface area contributed by atoms with Crippen LogP contribution in [0.4, 0.5) is 0 Å². The largest absolute Gasteiger partial charge is 0.379 e. The van der Waals surface area contributed by atoms with Gasteiger partial charge in [0.2, 0.25) is 0 Å². The maximum Gasteiger partial charge on any atom is 0.251 e. The Labute approximate surface area is 142 Å². The molecule has 0 amide bonds. The normalized spacial score (nSPS) is 12.0. The van der Waals surface area contributed by atoms with Crippen molar-refractivity contribution in [3.05, 3.63) is 0 Å². The topological polar surface area (TPSA) is 18.5 Å². The minimum absolute atomic E-state index is 0.671. The third-order valence-corrected chi connectivity index (χ3v) is 7.99. The zero-order valence-corrected chi connectivity index (χ0v) is 16.5. The van der Waals surface area contributed by atoms with Crippen LogP contribution in [0.2, 0.25) is 12.1 Å². The van der Waals surface area contributed by atoms with E-state index in [4.69, 9.17) is 31.6 Å². The van der Waals surface area contributed by atoms with Crippen molar-refractivity contribution in [2.75, 3.05) is 26.4 Å². The van der Waals surface area contributed by atoms with E-state index in [0.29, 0.717) is 13.2 Å². The van der Waals surface area contributed by atoms with E-state index in [2.05, 4.69) is 6.92 Å². The summed E-state index contributed by atoms with van der Waals surface area (Å²) >= 11 is 13.0. The van der Waals surface area contributed by atoms with E-state index in [9.17, 15) is 0 Å². The molecule has 0 aromatic carbocycles. The van der Waals surface area contributed by atoms with Crippen molar-refractivity contribution in [1.29, 1.82) is 0 Å². The molecule has 21 heavy (non-hydrogen) atoms. The first-order chi connectivity index (χ1) is 10.1. The molecule has 128 valence electrons. The third kappa shape index (κ3) is 16.9. The van der Waals surface area contributed by atoms with Crippen molar-refractivity contribution in [2.24, 2.45) is 0 Å². The zero-order chi connectivity index (χ0) is 15.8. The number of ether oxygens (including phenoxy) is 2. The molecule has 0 heterocycles. The van der Waals surface area contributed by atoms with Gasteiger partial charge in [-0.3, -0.25) is 0 Å². The summed E-state index contributed by atoms with van der Waals surface area (Å²) in [6, 6.07) is 1.98. The fraction of sp³-hybridized carbons (Fsp3) is 1.00. The molecule has 0 atom stereocenters. The van der Waals surface area contributed by atoms with Crippen LogP contribution in [0.3, 0.4) is 0 Å². The Hall–Kier alpha value is 0.717. The summed E-state index contributed by atoms with van der Waals surface area (Å²) < 4.78 is 10.7. The van der Waals surface area contributed by atoms with Crippen LogP contribution in [-0.4, -0.2) is 33.1 Å². The molecule has 0 radical (unpaired) electrons. The zero-order valence-electron chi connectivity index (χ0n) is 14.0. The lowest BCUT2D eigenvalue weighted by atomic mass is 10.1. The molecular formula is C16H34Cl2O2Si. The van der Waals surface area contributed by atoms with Crippen LogP contribution in [0.15, 0.2) is 0 Å². The summed E-state index contributed by atoms with van der Waals surface area (Å²) in [5.74, 6) is 0. The molecule has 0 saturated heterocycles. The van der Waals surface area contributed by atoms with Gasteiger partial charge in [-0.2, -0.15) is 0 Å². The fourth-order valence-corrected chi connectivity index (χ4v) is 5.55. The molecule has 0 aliphatic rings. The Morgan fingerprint density at radius 2 is 1.24 bits per heavy atom. The number of hydrogen-bond acceptors (Lipinski definition) is 2. The summed E-state index contributed by atoms with van der Waals surface area (Å²) in [5, 5.41) is 0. The van der Waals surface area contributed by atoms with Crippen LogP contribution >= 0.6 is 22.2 Å². The number of halogens is 2. The highest BCUT2D eigenvalue weighted by atomic mass is 35.7. The number of unbranched alkanes of at least 4 members (excludes halogenated alkanes) is 6. The van der Waals surface area contributed by atoms with Crippen molar-refractivity contribution in [2.45, 2.75) is 77.3 Å². The van der Waals surface area contributed by atoms with Crippen LogP contribution in [0.5, 0.6) is 0 Å². The summed E-state index contributed by atoms with van der Waals surface area (Å²) in [7, 11) is 0. The second kappa shape index (κ2) is 15.6. The first-order valence-corrected chi connectivity index (χ1v) is 13.1. The van der Waals surface area contributed by atoms with E-state index >= 15 is 0 Å². The van der Waals surface area contributed by atoms with E-state index in [1.54, 1.807) is 0 Å². The average molecular weight is 357 g/mol. The quantitative estimate of drug-likeness (QED) is 0.189. The smallest absolute Gasteiger partial charge is 0.251 e. The molecule has 2 nitrogen and oxygen atoms in total. The van der Waals surface area contributed by atoms with Crippen LogP contribution < -0.4 is 0 Å². The maximum absolute atomic E-state index is 6.49. The predicted molar refractivity (Wildman–Crippen MR) is 97.0 cm³/mol. The van der Waals surface area contributed by atoms with Crippen molar-refractivity contribution < 1.29 is 9.47 Å². The highest BCUT2D eigenvalue weighted by Crippen LogP contribution is 2.29. The van der Waals surface area contributed by atoms with Gasteiger partial charge in [0, 0.05) is 13.2 Å². The van der Waals surface area contributed by atoms with Gasteiger partial charge >= 0.3 is 0 Å². The molecule has 0 fully saturated rings. The summed E-state index contributed by atoms with van der Waals surface area (Å²) in [6.07, 6.45) is 10.2. The molecular weight excluding hydrogens is 323 g/mol. The van der Waals surface area contributed by atoms with Crippen LogP contribution in [-0.2, 0) is 9.47 Å². The summed E-state index contributed by atoms with van der Waals surface area (Å²) in [5.41, 5.74) is 0. The second-order valence-electron chi connectivity index (χ2n) is 5.64. The monoisotopic (exact) mass is 356 g/mol. The van der Waals surface area contributed by atoms with Gasteiger partial charge in [-0.05, 0) is 25.4 Å². The number of hydrogen-bond donors (Lipinski definition) is 0. The van der Waals surface area contributed by atoms with E-state index in [-0.39, 0.29) is 0 Å². The molecule has 0 saturated carbocycles. The van der Waals surface area contributed by atoms with E-state index < -0.39 is 6.69 Å². The summed E-state index contributed by atoms with van der Waals surface area (Å²) in [6.45, 7) is 5.07. The average Bonchev–Trinajstić information content (AvgIpc) is 2.45. The molecule has 0 bridgehead atoms. The molecule has 0 N–H and O–H groups in total. The Balaban J connectivity index is 3.35. The number of rotatable bonds is 16. The molecule has 0 rings (SSSR count). The van der Waals surface area contributed by atoms with Gasteiger partial charge in [0.25, 0.3) is 6.69 Å². The minimum Gasteiger partial charge on any atom is -0.379 e. The van der Waals surface area contributed by atoms with Crippen molar-refractivity contribution in [3.8, 4) is 0 Å². The molecule has 0 unspecified atom stereocenters. The highest BCUT2D eigenvalue weighted by Gasteiger charge is 2.26. The van der Waals surface area contributed by atoms with E-state index in [1.165, 1.54) is 44.9 Å². The predicted octanol–water partition coefficient (Wildman–Crippen LogP) is 6.10. The molecule has 0 aromatic heterocycles. The van der Waals surface area contributed by atoms with Gasteiger partial charge in [0.05, 0.1) is 13.2 Å². The SMILES string of the molecule is CCCCCCCCC[Si](Cl)(Cl)CCCOCCOCC. The van der Waals surface area contributed by atoms with Gasteiger partial charge in [0.1, 0.15) is 0 Å². The lowest BCUT2D eigenvalue weighted by molar-refractivity contribution is 0.0531. The van der Waals surface area contributed by atoms with Gasteiger partial charge in [-0.25, -0.2) is 0 Å². The van der Waals surface area contributed by atoms with Gasteiger partial charge < -0.3 is 9.47 Å². The minimum atomic E-state index is -2.02. The van der Waals surface area contributed by atoms with Crippen LogP contribution in [0.1, 0.15) is 65.2 Å². The molecule has 0 aromatic rings. The molecule has 0 aliphatic heterocycles. The Bertz CT molecular complexity index is 196. The standard InChI is InChI=1S/C16H34Cl2O2Si/c1-3-5-6-7-8-9-10-15-21(17,18)16-11-12-20-14-13-19-4-2/h3-16H2,1-2H3. The Morgan fingerprint density at radius 3 is 1.90 bits per heavy atom. The first kappa shape index (κ1) is 21.7.